The largest absolute Gasteiger partial charge is 0.317 e. The zero-order valence-electron chi connectivity index (χ0n) is 29.5. The zero-order chi connectivity index (χ0) is 35.3. The normalized spacial score (nSPS) is 13.2. The van der Waals surface area contributed by atoms with Gasteiger partial charge in [0.25, 0.3) is 0 Å². The molecule has 0 saturated carbocycles. The molecule has 3 heterocycles. The lowest BCUT2D eigenvalue weighted by Crippen LogP contribution is -2.14. The molecule has 0 spiro atoms. The van der Waals surface area contributed by atoms with Gasteiger partial charge in [0.2, 0.25) is 0 Å². The van der Waals surface area contributed by atoms with E-state index in [9.17, 15) is 0 Å². The third-order valence-electron chi connectivity index (χ3n) is 11.4. The molecular formula is C49H34N4. The van der Waals surface area contributed by atoms with Crippen molar-refractivity contribution in [2.45, 2.75) is 19.3 Å². The van der Waals surface area contributed by atoms with Crippen molar-refractivity contribution in [1.29, 1.82) is 0 Å². The third-order valence-corrected chi connectivity index (χ3v) is 11.4. The van der Waals surface area contributed by atoms with Gasteiger partial charge in [0.05, 0.1) is 27.8 Å². The van der Waals surface area contributed by atoms with Gasteiger partial charge in [0.1, 0.15) is 0 Å². The number of benzene rings is 7. The molecule has 7 aromatic carbocycles. The minimum absolute atomic E-state index is 0.0894. The maximum Gasteiger partial charge on any atom is 0.160 e. The van der Waals surface area contributed by atoms with Gasteiger partial charge in [-0.2, -0.15) is 0 Å². The third kappa shape index (κ3) is 4.36. The molecule has 4 heteroatoms. The average Bonchev–Trinajstić information content (AvgIpc) is 3.86. The van der Waals surface area contributed by atoms with Gasteiger partial charge < -0.3 is 9.13 Å². The molecule has 0 unspecified atom stereocenters. The highest BCUT2D eigenvalue weighted by atomic mass is 15.0. The van der Waals surface area contributed by atoms with Crippen LogP contribution in [0.4, 0.5) is 0 Å². The molecule has 0 atom stereocenters. The van der Waals surface area contributed by atoms with E-state index >= 15 is 0 Å². The highest BCUT2D eigenvalue weighted by Gasteiger charge is 2.35. The standard InChI is InChI=1S/C49H34N4/c1-49(2)40-17-9-6-14-35(40)36-25-22-32(30-41(36)49)47-37-15-7-10-18-42(37)50-48(51-47)31-20-23-34(24-21-31)53-44-19-11-8-16-38(44)46-39-28-29-52(33-12-4-3-5-13-33)43(39)26-27-45(46)53/h3-30H,1-2H3. The molecule has 0 fully saturated rings. The number of rotatable bonds is 4. The molecular weight excluding hydrogens is 645 g/mol. The quantitative estimate of drug-likeness (QED) is 0.186. The van der Waals surface area contributed by atoms with E-state index < -0.39 is 0 Å². The van der Waals surface area contributed by atoms with E-state index in [4.69, 9.17) is 9.97 Å². The van der Waals surface area contributed by atoms with Crippen molar-refractivity contribution in [1.82, 2.24) is 19.1 Å². The van der Waals surface area contributed by atoms with Gasteiger partial charge in [-0.15, -0.1) is 0 Å². The van der Waals surface area contributed by atoms with E-state index in [2.05, 4.69) is 193 Å². The van der Waals surface area contributed by atoms with Crippen LogP contribution >= 0.6 is 0 Å². The number of hydrogen-bond donors (Lipinski definition) is 0. The second-order valence-corrected chi connectivity index (χ2v) is 14.7. The van der Waals surface area contributed by atoms with Crippen LogP contribution in [0.15, 0.2) is 170 Å². The molecule has 11 rings (SSSR count). The van der Waals surface area contributed by atoms with Crippen LogP contribution in [0, 0.1) is 0 Å². The molecule has 0 bridgehead atoms. The van der Waals surface area contributed by atoms with Crippen molar-refractivity contribution >= 4 is 43.6 Å². The first kappa shape index (κ1) is 29.9. The molecule has 53 heavy (non-hydrogen) atoms. The van der Waals surface area contributed by atoms with E-state index in [1.54, 1.807) is 0 Å². The lowest BCUT2D eigenvalue weighted by molar-refractivity contribution is 0.660. The molecule has 1 aliphatic rings. The molecule has 250 valence electrons. The Kier molecular flexibility index (Phi) is 6.27. The van der Waals surface area contributed by atoms with E-state index in [0.29, 0.717) is 0 Å². The predicted octanol–water partition coefficient (Wildman–Crippen LogP) is 12.3. The molecule has 1 aliphatic carbocycles. The fourth-order valence-electron chi connectivity index (χ4n) is 8.81. The Morgan fingerprint density at radius 1 is 0.472 bits per heavy atom. The fraction of sp³-hybridized carbons (Fsp3) is 0.0612. The Bertz CT molecular complexity index is 3070. The molecule has 0 radical (unpaired) electrons. The Balaban J connectivity index is 1.03. The summed E-state index contributed by atoms with van der Waals surface area (Å²) in [6.45, 7) is 4.65. The maximum absolute atomic E-state index is 5.30. The lowest BCUT2D eigenvalue weighted by Gasteiger charge is -2.22. The molecule has 0 amide bonds. The van der Waals surface area contributed by atoms with E-state index in [1.807, 2.05) is 0 Å². The predicted molar refractivity (Wildman–Crippen MR) is 219 cm³/mol. The Morgan fingerprint density at radius 2 is 1.15 bits per heavy atom. The summed E-state index contributed by atoms with van der Waals surface area (Å²) in [4.78, 5) is 10.4. The van der Waals surface area contributed by atoms with Crippen LogP contribution in [0.3, 0.4) is 0 Å². The van der Waals surface area contributed by atoms with Crippen LogP contribution in [0.2, 0.25) is 0 Å². The summed E-state index contributed by atoms with van der Waals surface area (Å²) in [7, 11) is 0. The van der Waals surface area contributed by atoms with Gasteiger partial charge in [0, 0.05) is 55.7 Å². The van der Waals surface area contributed by atoms with Crippen molar-refractivity contribution in [3.8, 4) is 45.1 Å². The zero-order valence-corrected chi connectivity index (χ0v) is 29.5. The fourth-order valence-corrected chi connectivity index (χ4v) is 8.81. The topological polar surface area (TPSA) is 35.6 Å². The van der Waals surface area contributed by atoms with Crippen LogP contribution in [0.1, 0.15) is 25.0 Å². The Labute approximate surface area is 307 Å². The van der Waals surface area contributed by atoms with Gasteiger partial charge in [-0.3, -0.25) is 0 Å². The summed E-state index contributed by atoms with van der Waals surface area (Å²) < 4.78 is 4.65. The van der Waals surface area contributed by atoms with Crippen molar-refractivity contribution < 1.29 is 0 Å². The van der Waals surface area contributed by atoms with Crippen molar-refractivity contribution in [3.05, 3.63) is 181 Å². The minimum Gasteiger partial charge on any atom is -0.317 e. The van der Waals surface area contributed by atoms with Crippen LogP contribution in [0.5, 0.6) is 0 Å². The van der Waals surface area contributed by atoms with Gasteiger partial charge in [-0.25, -0.2) is 9.97 Å². The Hall–Kier alpha value is -6.78. The molecule has 0 N–H and O–H groups in total. The molecule has 4 nitrogen and oxygen atoms in total. The second-order valence-electron chi connectivity index (χ2n) is 14.7. The highest BCUT2D eigenvalue weighted by Crippen LogP contribution is 2.49. The SMILES string of the molecule is CC1(C)c2ccccc2-c2ccc(-c3nc(-c4ccc(-n5c6ccccc6c6c7ccn(-c8ccccc8)c7ccc65)cc4)nc4ccccc34)cc21. The maximum atomic E-state index is 5.30. The van der Waals surface area contributed by atoms with Crippen LogP contribution < -0.4 is 0 Å². The van der Waals surface area contributed by atoms with Crippen molar-refractivity contribution in [2.24, 2.45) is 0 Å². The summed E-state index contributed by atoms with van der Waals surface area (Å²) >= 11 is 0. The first-order valence-electron chi connectivity index (χ1n) is 18.3. The van der Waals surface area contributed by atoms with Crippen LogP contribution in [0.25, 0.3) is 88.8 Å². The van der Waals surface area contributed by atoms with Crippen molar-refractivity contribution in [3.63, 3.8) is 0 Å². The average molecular weight is 679 g/mol. The molecule has 0 saturated heterocycles. The first-order chi connectivity index (χ1) is 26.0. The van der Waals surface area contributed by atoms with Gasteiger partial charge in [-0.1, -0.05) is 105 Å². The summed E-state index contributed by atoms with van der Waals surface area (Å²) in [6, 6.07) is 58.8. The number of aromatic nitrogens is 4. The summed E-state index contributed by atoms with van der Waals surface area (Å²) in [6.07, 6.45) is 2.18. The van der Waals surface area contributed by atoms with Crippen LogP contribution in [-0.2, 0) is 5.41 Å². The number of para-hydroxylation sites is 3. The van der Waals surface area contributed by atoms with Gasteiger partial charge in [-0.05, 0) is 95.1 Å². The number of hydrogen-bond acceptors (Lipinski definition) is 2. The minimum atomic E-state index is -0.0894. The summed E-state index contributed by atoms with van der Waals surface area (Å²) in [5, 5.41) is 4.80. The number of nitrogens with zero attached hydrogens (tertiary/aromatic N) is 4. The molecule has 10 aromatic rings. The van der Waals surface area contributed by atoms with Crippen LogP contribution in [-0.4, -0.2) is 19.1 Å². The lowest BCUT2D eigenvalue weighted by atomic mass is 9.82. The second kappa shape index (κ2) is 11.1. The van der Waals surface area contributed by atoms with E-state index in [0.717, 1.165) is 44.9 Å². The Morgan fingerprint density at radius 3 is 2.02 bits per heavy atom. The first-order valence-corrected chi connectivity index (χ1v) is 18.3. The summed E-state index contributed by atoms with van der Waals surface area (Å²) in [5.74, 6) is 0.722. The van der Waals surface area contributed by atoms with Crippen molar-refractivity contribution in [2.75, 3.05) is 0 Å². The van der Waals surface area contributed by atoms with E-state index in [-0.39, 0.29) is 5.41 Å². The molecule has 0 aliphatic heterocycles. The summed E-state index contributed by atoms with van der Waals surface area (Å²) in [5.41, 5.74) is 15.1. The van der Waals surface area contributed by atoms with Gasteiger partial charge >= 0.3 is 0 Å². The smallest absolute Gasteiger partial charge is 0.160 e. The monoisotopic (exact) mass is 678 g/mol. The highest BCUT2D eigenvalue weighted by molar-refractivity contribution is 6.21. The number of fused-ring (bicyclic) bond motifs is 9. The molecule has 3 aromatic heterocycles. The van der Waals surface area contributed by atoms with E-state index in [1.165, 1.54) is 55.0 Å². The van der Waals surface area contributed by atoms with Gasteiger partial charge in [0.15, 0.2) is 5.82 Å².